The first kappa shape index (κ1) is 11.0. The number of nitrogens with one attached hydrogen (secondary N) is 1. The summed E-state index contributed by atoms with van der Waals surface area (Å²) in [6.07, 6.45) is 1.69. The number of nitrogens with zero attached hydrogens (tertiary/aromatic N) is 3. The molecule has 14 heavy (non-hydrogen) atoms. The first-order valence-electron chi connectivity index (χ1n) is 4.40. The smallest absolute Gasteiger partial charge is 0.227 e. The molecule has 1 saturated heterocycles. The molecule has 0 bridgehead atoms. The largest absolute Gasteiger partial charge is 0.384 e. The van der Waals surface area contributed by atoms with E-state index in [1.54, 1.807) is 12.3 Å². The van der Waals surface area contributed by atoms with Crippen LogP contribution >= 0.6 is 12.4 Å². The second-order valence-electron chi connectivity index (χ2n) is 3.02. The molecule has 5 nitrogen and oxygen atoms in total. The minimum absolute atomic E-state index is 0. The van der Waals surface area contributed by atoms with Crippen molar-refractivity contribution in [1.82, 2.24) is 15.3 Å². The third-order valence-corrected chi connectivity index (χ3v) is 2.06. The van der Waals surface area contributed by atoms with Gasteiger partial charge in [-0.15, -0.1) is 12.4 Å². The minimum atomic E-state index is 0. The van der Waals surface area contributed by atoms with Gasteiger partial charge in [0.25, 0.3) is 0 Å². The van der Waals surface area contributed by atoms with Crippen LogP contribution in [0, 0.1) is 0 Å². The summed E-state index contributed by atoms with van der Waals surface area (Å²) >= 11 is 0. The van der Waals surface area contributed by atoms with Gasteiger partial charge < -0.3 is 16.0 Å². The Hall–Kier alpha value is -1.07. The van der Waals surface area contributed by atoms with Gasteiger partial charge >= 0.3 is 0 Å². The van der Waals surface area contributed by atoms with Gasteiger partial charge in [0.05, 0.1) is 0 Å². The molecule has 1 aromatic rings. The highest BCUT2D eigenvalue weighted by Crippen LogP contribution is 2.08. The monoisotopic (exact) mass is 215 g/mol. The molecule has 78 valence electrons. The number of hydrogen-bond donors (Lipinski definition) is 2. The molecule has 2 heterocycles. The fourth-order valence-electron chi connectivity index (χ4n) is 1.38. The van der Waals surface area contributed by atoms with Gasteiger partial charge in [-0.25, -0.2) is 4.98 Å². The summed E-state index contributed by atoms with van der Waals surface area (Å²) in [6, 6.07) is 1.70. The van der Waals surface area contributed by atoms with Crippen LogP contribution in [0.25, 0.3) is 0 Å². The number of nitrogens with two attached hydrogens (primary N) is 1. The number of hydrogen-bond acceptors (Lipinski definition) is 5. The van der Waals surface area contributed by atoms with E-state index in [4.69, 9.17) is 5.73 Å². The summed E-state index contributed by atoms with van der Waals surface area (Å²) in [5, 5.41) is 3.27. The molecule has 1 aromatic heterocycles. The van der Waals surface area contributed by atoms with Crippen molar-refractivity contribution in [1.29, 1.82) is 0 Å². The number of halogens is 1. The Labute approximate surface area is 89.1 Å². The number of nitrogen functional groups attached to an aromatic ring is 1. The van der Waals surface area contributed by atoms with E-state index >= 15 is 0 Å². The highest BCUT2D eigenvalue weighted by molar-refractivity contribution is 5.85. The standard InChI is InChI=1S/C8H13N5.ClH/c9-7-1-2-11-8(12-7)13-5-3-10-4-6-13;/h1-2,10H,3-6H2,(H2,9,11,12);1H. The first-order chi connectivity index (χ1) is 6.36. The van der Waals surface area contributed by atoms with Crippen LogP contribution in [0.4, 0.5) is 11.8 Å². The Morgan fingerprint density at radius 2 is 2.07 bits per heavy atom. The molecule has 0 spiro atoms. The Morgan fingerprint density at radius 3 is 2.71 bits per heavy atom. The van der Waals surface area contributed by atoms with Crippen molar-refractivity contribution in [2.45, 2.75) is 0 Å². The van der Waals surface area contributed by atoms with Crippen LogP contribution in [0.3, 0.4) is 0 Å². The summed E-state index contributed by atoms with van der Waals surface area (Å²) in [7, 11) is 0. The number of anilines is 2. The van der Waals surface area contributed by atoms with E-state index < -0.39 is 0 Å². The van der Waals surface area contributed by atoms with Crippen molar-refractivity contribution in [2.24, 2.45) is 0 Å². The average molecular weight is 216 g/mol. The van der Waals surface area contributed by atoms with Gasteiger partial charge in [-0.3, -0.25) is 0 Å². The molecule has 1 aliphatic rings. The normalized spacial score (nSPS) is 16.1. The zero-order valence-electron chi connectivity index (χ0n) is 7.81. The molecule has 0 amide bonds. The van der Waals surface area contributed by atoms with E-state index in [9.17, 15) is 0 Å². The van der Waals surface area contributed by atoms with E-state index in [0.717, 1.165) is 32.1 Å². The van der Waals surface area contributed by atoms with E-state index in [1.165, 1.54) is 0 Å². The quantitative estimate of drug-likeness (QED) is 0.685. The van der Waals surface area contributed by atoms with E-state index in [2.05, 4.69) is 20.2 Å². The van der Waals surface area contributed by atoms with Crippen LogP contribution in [-0.2, 0) is 0 Å². The highest BCUT2D eigenvalue weighted by atomic mass is 35.5. The molecule has 0 atom stereocenters. The predicted molar refractivity (Wildman–Crippen MR) is 58.8 cm³/mol. The molecule has 0 aliphatic carbocycles. The summed E-state index contributed by atoms with van der Waals surface area (Å²) in [4.78, 5) is 10.5. The Bertz CT molecular complexity index is 287. The van der Waals surface area contributed by atoms with E-state index in [-0.39, 0.29) is 12.4 Å². The third-order valence-electron chi connectivity index (χ3n) is 2.06. The number of rotatable bonds is 1. The summed E-state index contributed by atoms with van der Waals surface area (Å²) in [5.74, 6) is 1.27. The molecular formula is C8H14ClN5. The number of piperazine rings is 1. The molecule has 0 radical (unpaired) electrons. The van der Waals surface area contributed by atoms with Crippen molar-refractivity contribution in [2.75, 3.05) is 36.8 Å². The fourth-order valence-corrected chi connectivity index (χ4v) is 1.38. The van der Waals surface area contributed by atoms with Crippen LogP contribution in [0.1, 0.15) is 0 Å². The highest BCUT2D eigenvalue weighted by Gasteiger charge is 2.12. The molecule has 6 heteroatoms. The van der Waals surface area contributed by atoms with Crippen molar-refractivity contribution < 1.29 is 0 Å². The zero-order chi connectivity index (χ0) is 9.10. The van der Waals surface area contributed by atoms with Gasteiger partial charge in [0.1, 0.15) is 5.82 Å². The molecule has 0 unspecified atom stereocenters. The Balaban J connectivity index is 0.000000980. The van der Waals surface area contributed by atoms with Crippen LogP contribution in [-0.4, -0.2) is 36.1 Å². The van der Waals surface area contributed by atoms with Gasteiger partial charge in [-0.2, -0.15) is 4.98 Å². The fraction of sp³-hybridized carbons (Fsp3) is 0.500. The summed E-state index contributed by atoms with van der Waals surface area (Å²) in [6.45, 7) is 3.86. The van der Waals surface area contributed by atoms with Crippen molar-refractivity contribution >= 4 is 24.2 Å². The van der Waals surface area contributed by atoms with Crippen LogP contribution in [0.2, 0.25) is 0 Å². The van der Waals surface area contributed by atoms with Crippen molar-refractivity contribution in [3.63, 3.8) is 0 Å². The van der Waals surface area contributed by atoms with Crippen LogP contribution in [0.5, 0.6) is 0 Å². The first-order valence-corrected chi connectivity index (χ1v) is 4.40. The summed E-state index contributed by atoms with van der Waals surface area (Å²) in [5.41, 5.74) is 5.57. The maximum atomic E-state index is 5.57. The lowest BCUT2D eigenvalue weighted by atomic mass is 10.4. The van der Waals surface area contributed by atoms with Gasteiger partial charge in [0.2, 0.25) is 5.95 Å². The van der Waals surface area contributed by atoms with Crippen molar-refractivity contribution in [3.8, 4) is 0 Å². The van der Waals surface area contributed by atoms with Crippen LogP contribution in [0.15, 0.2) is 12.3 Å². The minimum Gasteiger partial charge on any atom is -0.384 e. The lowest BCUT2D eigenvalue weighted by Crippen LogP contribution is -2.44. The lowest BCUT2D eigenvalue weighted by molar-refractivity contribution is 0.580. The molecule has 3 N–H and O–H groups in total. The summed E-state index contributed by atoms with van der Waals surface area (Å²) < 4.78 is 0. The Morgan fingerprint density at radius 1 is 1.36 bits per heavy atom. The predicted octanol–water partition coefficient (Wildman–Crippen LogP) is -0.110. The topological polar surface area (TPSA) is 67.1 Å². The van der Waals surface area contributed by atoms with Gasteiger partial charge in [0.15, 0.2) is 0 Å². The number of aromatic nitrogens is 2. The van der Waals surface area contributed by atoms with Crippen LogP contribution < -0.4 is 16.0 Å². The molecular weight excluding hydrogens is 202 g/mol. The Kier molecular flexibility index (Phi) is 3.91. The zero-order valence-corrected chi connectivity index (χ0v) is 8.63. The SMILES string of the molecule is Cl.Nc1ccnc(N2CCNCC2)n1. The molecule has 1 aliphatic heterocycles. The lowest BCUT2D eigenvalue weighted by Gasteiger charge is -2.27. The van der Waals surface area contributed by atoms with Gasteiger partial charge in [-0.05, 0) is 6.07 Å². The maximum Gasteiger partial charge on any atom is 0.227 e. The second-order valence-corrected chi connectivity index (χ2v) is 3.02. The van der Waals surface area contributed by atoms with E-state index in [0.29, 0.717) is 5.82 Å². The van der Waals surface area contributed by atoms with Gasteiger partial charge in [0, 0.05) is 32.4 Å². The van der Waals surface area contributed by atoms with Gasteiger partial charge in [-0.1, -0.05) is 0 Å². The van der Waals surface area contributed by atoms with E-state index in [1.807, 2.05) is 0 Å². The van der Waals surface area contributed by atoms with Crippen molar-refractivity contribution in [3.05, 3.63) is 12.3 Å². The molecule has 0 saturated carbocycles. The average Bonchev–Trinajstić information content (AvgIpc) is 2.19. The second kappa shape index (κ2) is 4.97. The molecule has 2 rings (SSSR count). The molecule has 0 aromatic carbocycles. The maximum absolute atomic E-state index is 5.57. The third kappa shape index (κ3) is 2.46. The molecule has 1 fully saturated rings.